The number of sulfonamides is 1. The van der Waals surface area contributed by atoms with Crippen LogP contribution in [0.1, 0.15) is 12.5 Å². The Kier molecular flexibility index (Phi) is 8.56. The Labute approximate surface area is 171 Å². The summed E-state index contributed by atoms with van der Waals surface area (Å²) in [6, 6.07) is 13.9. The van der Waals surface area contributed by atoms with E-state index < -0.39 is 10.0 Å². The van der Waals surface area contributed by atoms with E-state index in [1.54, 1.807) is 19.2 Å². The molecule has 0 saturated carbocycles. The van der Waals surface area contributed by atoms with E-state index in [-0.39, 0.29) is 11.4 Å². The zero-order chi connectivity index (χ0) is 20.4. The van der Waals surface area contributed by atoms with Gasteiger partial charge in [0.15, 0.2) is 5.96 Å². The standard InChI is InChI=1S/C19H25ClN4O3S/c1-3-27-18-10-5-4-7-15(18)14-23-19(21-2)22-11-12-24-28(25,26)17-9-6-8-16(20)13-17/h4-10,13,24H,3,11-12,14H2,1-2H3,(H2,21,22,23). The third kappa shape index (κ3) is 6.70. The number of ether oxygens (including phenoxy) is 1. The zero-order valence-corrected chi connectivity index (χ0v) is 17.5. The van der Waals surface area contributed by atoms with Gasteiger partial charge in [-0.05, 0) is 31.2 Å². The van der Waals surface area contributed by atoms with Gasteiger partial charge in [-0.25, -0.2) is 13.1 Å². The summed E-state index contributed by atoms with van der Waals surface area (Å²) in [6.45, 7) is 3.63. The monoisotopic (exact) mass is 424 g/mol. The fraction of sp³-hybridized carbons (Fsp3) is 0.316. The number of benzene rings is 2. The molecule has 0 aromatic heterocycles. The molecule has 0 radical (unpaired) electrons. The van der Waals surface area contributed by atoms with Crippen molar-refractivity contribution in [2.24, 2.45) is 4.99 Å². The van der Waals surface area contributed by atoms with Gasteiger partial charge in [-0.1, -0.05) is 35.9 Å². The lowest BCUT2D eigenvalue weighted by Crippen LogP contribution is -2.41. The highest BCUT2D eigenvalue weighted by molar-refractivity contribution is 7.89. The molecule has 2 aromatic carbocycles. The number of hydrogen-bond donors (Lipinski definition) is 3. The van der Waals surface area contributed by atoms with Crippen LogP contribution in [0.5, 0.6) is 5.75 Å². The van der Waals surface area contributed by atoms with E-state index in [2.05, 4.69) is 20.3 Å². The van der Waals surface area contributed by atoms with Crippen LogP contribution in [0.2, 0.25) is 5.02 Å². The lowest BCUT2D eigenvalue weighted by atomic mass is 10.2. The van der Waals surface area contributed by atoms with Gasteiger partial charge in [0.05, 0.1) is 11.5 Å². The molecular weight excluding hydrogens is 400 g/mol. The Bertz CT molecular complexity index is 904. The molecule has 0 spiro atoms. The highest BCUT2D eigenvalue weighted by Gasteiger charge is 2.13. The summed E-state index contributed by atoms with van der Waals surface area (Å²) in [5, 5.41) is 6.63. The molecule has 0 aliphatic carbocycles. The minimum Gasteiger partial charge on any atom is -0.494 e. The first-order valence-corrected chi connectivity index (χ1v) is 10.7. The molecule has 0 atom stereocenters. The largest absolute Gasteiger partial charge is 0.494 e. The highest BCUT2D eigenvalue weighted by atomic mass is 35.5. The first kappa shape index (κ1) is 22.0. The molecule has 7 nitrogen and oxygen atoms in total. The van der Waals surface area contributed by atoms with E-state index >= 15 is 0 Å². The highest BCUT2D eigenvalue weighted by Crippen LogP contribution is 2.17. The molecule has 2 aromatic rings. The molecule has 0 aliphatic heterocycles. The van der Waals surface area contributed by atoms with Crippen molar-refractivity contribution in [3.63, 3.8) is 0 Å². The van der Waals surface area contributed by atoms with Crippen LogP contribution in [-0.2, 0) is 16.6 Å². The van der Waals surface area contributed by atoms with Crippen LogP contribution in [0.15, 0.2) is 58.4 Å². The Morgan fingerprint density at radius 3 is 2.61 bits per heavy atom. The second-order valence-electron chi connectivity index (χ2n) is 5.75. The quantitative estimate of drug-likeness (QED) is 0.326. The first-order valence-electron chi connectivity index (χ1n) is 8.86. The van der Waals surface area contributed by atoms with Crippen LogP contribution in [0, 0.1) is 0 Å². The van der Waals surface area contributed by atoms with E-state index in [9.17, 15) is 8.42 Å². The summed E-state index contributed by atoms with van der Waals surface area (Å²) in [5.41, 5.74) is 1.01. The van der Waals surface area contributed by atoms with Gasteiger partial charge in [-0.15, -0.1) is 0 Å². The van der Waals surface area contributed by atoms with E-state index in [4.69, 9.17) is 16.3 Å². The number of aliphatic imine (C=N–C) groups is 1. The summed E-state index contributed by atoms with van der Waals surface area (Å²) in [7, 11) is -1.95. The van der Waals surface area contributed by atoms with Crippen LogP contribution >= 0.6 is 11.6 Å². The predicted molar refractivity (Wildman–Crippen MR) is 112 cm³/mol. The van der Waals surface area contributed by atoms with Crippen molar-refractivity contribution >= 4 is 27.6 Å². The molecule has 0 amide bonds. The van der Waals surface area contributed by atoms with Gasteiger partial charge < -0.3 is 15.4 Å². The van der Waals surface area contributed by atoms with Crippen LogP contribution in [0.4, 0.5) is 0 Å². The molecule has 0 saturated heterocycles. The Hall–Kier alpha value is -2.29. The number of hydrogen-bond acceptors (Lipinski definition) is 4. The smallest absolute Gasteiger partial charge is 0.240 e. The lowest BCUT2D eigenvalue weighted by molar-refractivity contribution is 0.336. The van der Waals surface area contributed by atoms with Gasteiger partial charge in [0.2, 0.25) is 10.0 Å². The number of guanidine groups is 1. The van der Waals surface area contributed by atoms with Gasteiger partial charge in [0.1, 0.15) is 5.75 Å². The number of rotatable bonds is 9. The molecule has 152 valence electrons. The molecule has 2 rings (SSSR count). The van der Waals surface area contributed by atoms with Crippen molar-refractivity contribution in [1.82, 2.24) is 15.4 Å². The van der Waals surface area contributed by atoms with Gasteiger partial charge in [0.25, 0.3) is 0 Å². The molecule has 28 heavy (non-hydrogen) atoms. The minimum atomic E-state index is -3.61. The zero-order valence-electron chi connectivity index (χ0n) is 15.9. The summed E-state index contributed by atoms with van der Waals surface area (Å²) >= 11 is 5.85. The molecule has 3 N–H and O–H groups in total. The Morgan fingerprint density at radius 1 is 1.11 bits per heavy atom. The molecule has 0 unspecified atom stereocenters. The second kappa shape index (κ2) is 10.9. The van der Waals surface area contributed by atoms with Crippen molar-refractivity contribution < 1.29 is 13.2 Å². The Morgan fingerprint density at radius 2 is 1.89 bits per heavy atom. The van der Waals surface area contributed by atoms with Crippen LogP contribution < -0.4 is 20.1 Å². The number of para-hydroxylation sites is 1. The maximum absolute atomic E-state index is 12.3. The summed E-state index contributed by atoms with van der Waals surface area (Å²) in [5.74, 6) is 1.38. The summed E-state index contributed by atoms with van der Waals surface area (Å²) in [4.78, 5) is 4.28. The van der Waals surface area contributed by atoms with Gasteiger partial charge in [0, 0.05) is 37.3 Å². The third-order valence-corrected chi connectivity index (χ3v) is 5.45. The molecule has 0 aliphatic rings. The van der Waals surface area contributed by atoms with Crippen molar-refractivity contribution in [2.75, 3.05) is 26.7 Å². The topological polar surface area (TPSA) is 91.8 Å². The van der Waals surface area contributed by atoms with Gasteiger partial charge in [-0.2, -0.15) is 0 Å². The van der Waals surface area contributed by atoms with E-state index in [0.717, 1.165) is 11.3 Å². The average Bonchev–Trinajstić information content (AvgIpc) is 2.68. The Balaban J connectivity index is 1.81. The van der Waals surface area contributed by atoms with Crippen molar-refractivity contribution in [2.45, 2.75) is 18.4 Å². The maximum atomic E-state index is 12.3. The molecule has 9 heteroatoms. The molecule has 0 heterocycles. The van der Waals surface area contributed by atoms with Crippen LogP contribution in [0.25, 0.3) is 0 Å². The number of nitrogens with zero attached hydrogens (tertiary/aromatic N) is 1. The fourth-order valence-corrected chi connectivity index (χ4v) is 3.76. The normalized spacial score (nSPS) is 11.9. The van der Waals surface area contributed by atoms with E-state index in [1.165, 1.54) is 12.1 Å². The molecule has 0 fully saturated rings. The minimum absolute atomic E-state index is 0.134. The van der Waals surface area contributed by atoms with E-state index in [1.807, 2.05) is 31.2 Å². The van der Waals surface area contributed by atoms with Crippen molar-refractivity contribution in [1.29, 1.82) is 0 Å². The van der Waals surface area contributed by atoms with Crippen LogP contribution in [0.3, 0.4) is 0 Å². The van der Waals surface area contributed by atoms with E-state index in [0.29, 0.717) is 30.7 Å². The van der Waals surface area contributed by atoms with Gasteiger partial charge >= 0.3 is 0 Å². The lowest BCUT2D eigenvalue weighted by Gasteiger charge is -2.14. The van der Waals surface area contributed by atoms with Crippen LogP contribution in [-0.4, -0.2) is 41.1 Å². The third-order valence-electron chi connectivity index (χ3n) is 3.76. The van der Waals surface area contributed by atoms with Crippen molar-refractivity contribution in [3.8, 4) is 5.75 Å². The maximum Gasteiger partial charge on any atom is 0.240 e. The fourth-order valence-electron chi connectivity index (χ4n) is 2.43. The van der Waals surface area contributed by atoms with Crippen molar-refractivity contribution in [3.05, 3.63) is 59.1 Å². The SMILES string of the molecule is CCOc1ccccc1CNC(=NC)NCCNS(=O)(=O)c1cccc(Cl)c1. The first-order chi connectivity index (χ1) is 13.5. The summed E-state index contributed by atoms with van der Waals surface area (Å²) in [6.07, 6.45) is 0. The predicted octanol–water partition coefficient (Wildman–Crippen LogP) is 2.38. The molecule has 0 bridgehead atoms. The average molecular weight is 425 g/mol. The number of nitrogens with one attached hydrogen (secondary N) is 3. The number of halogens is 1. The summed E-state index contributed by atoms with van der Waals surface area (Å²) < 4.78 is 32.6. The van der Waals surface area contributed by atoms with Gasteiger partial charge in [-0.3, -0.25) is 4.99 Å². The second-order valence-corrected chi connectivity index (χ2v) is 7.95. The molecular formula is C19H25ClN4O3S.